The first-order valence-electron chi connectivity index (χ1n) is 9.62. The van der Waals surface area contributed by atoms with E-state index < -0.39 is 11.7 Å². The molecule has 3 aromatic rings. The lowest BCUT2D eigenvalue weighted by molar-refractivity contribution is 0.0635. The van der Waals surface area contributed by atoms with E-state index in [1.165, 1.54) is 0 Å². The maximum Gasteiger partial charge on any atom is 0.412 e. The Labute approximate surface area is 176 Å². The predicted octanol–water partition coefficient (Wildman–Crippen LogP) is 6.03. The van der Waals surface area contributed by atoms with Crippen molar-refractivity contribution in [3.8, 4) is 0 Å². The SMILES string of the molecule is CC(C)(C)OC(=O)Nc1cccc(C(=O)Nc2cccc(Nc3ccccc3)c2)c1. The highest BCUT2D eigenvalue weighted by atomic mass is 16.6. The van der Waals surface area contributed by atoms with Gasteiger partial charge in [-0.05, 0) is 69.3 Å². The molecule has 6 nitrogen and oxygen atoms in total. The maximum absolute atomic E-state index is 12.7. The lowest BCUT2D eigenvalue weighted by Gasteiger charge is -2.19. The minimum absolute atomic E-state index is 0.278. The predicted molar refractivity (Wildman–Crippen MR) is 120 cm³/mol. The van der Waals surface area contributed by atoms with Crippen LogP contribution in [0.5, 0.6) is 0 Å². The Balaban J connectivity index is 1.66. The Morgan fingerprint density at radius 1 is 0.700 bits per heavy atom. The lowest BCUT2D eigenvalue weighted by Crippen LogP contribution is -2.27. The number of hydrogen-bond donors (Lipinski definition) is 3. The van der Waals surface area contributed by atoms with Crippen molar-refractivity contribution < 1.29 is 14.3 Å². The van der Waals surface area contributed by atoms with Crippen LogP contribution in [0.15, 0.2) is 78.9 Å². The van der Waals surface area contributed by atoms with Crippen LogP contribution >= 0.6 is 0 Å². The van der Waals surface area contributed by atoms with Crippen molar-refractivity contribution >= 4 is 34.7 Å². The van der Waals surface area contributed by atoms with Gasteiger partial charge in [-0.3, -0.25) is 10.1 Å². The normalized spacial score (nSPS) is 10.8. The van der Waals surface area contributed by atoms with Crippen LogP contribution in [0.25, 0.3) is 0 Å². The minimum atomic E-state index is -0.599. The largest absolute Gasteiger partial charge is 0.444 e. The van der Waals surface area contributed by atoms with E-state index in [0.717, 1.165) is 11.4 Å². The molecule has 0 aliphatic carbocycles. The van der Waals surface area contributed by atoms with E-state index in [0.29, 0.717) is 16.9 Å². The van der Waals surface area contributed by atoms with E-state index in [4.69, 9.17) is 4.74 Å². The van der Waals surface area contributed by atoms with E-state index in [2.05, 4.69) is 16.0 Å². The average Bonchev–Trinajstić information content (AvgIpc) is 2.68. The van der Waals surface area contributed by atoms with Crippen molar-refractivity contribution in [3.63, 3.8) is 0 Å². The molecule has 6 heteroatoms. The number of benzene rings is 3. The fourth-order valence-electron chi connectivity index (χ4n) is 2.73. The summed E-state index contributed by atoms with van der Waals surface area (Å²) in [5.74, 6) is -0.278. The van der Waals surface area contributed by atoms with Crippen molar-refractivity contribution in [1.29, 1.82) is 0 Å². The average molecular weight is 403 g/mol. The number of para-hydroxylation sites is 1. The van der Waals surface area contributed by atoms with E-state index in [1.54, 1.807) is 45.0 Å². The number of ether oxygens (including phenoxy) is 1. The number of amides is 2. The summed E-state index contributed by atoms with van der Waals surface area (Å²) in [4.78, 5) is 24.6. The number of rotatable bonds is 5. The summed E-state index contributed by atoms with van der Waals surface area (Å²) in [6, 6.07) is 23.9. The standard InChI is InChI=1S/C24H25N3O3/c1-24(2,3)30-23(29)27-19-12-7-9-17(15-19)22(28)26-21-14-8-13-20(16-21)25-18-10-5-4-6-11-18/h4-16,25H,1-3H3,(H,26,28)(H,27,29). The van der Waals surface area contributed by atoms with Crippen LogP contribution in [0.4, 0.5) is 27.5 Å². The Bertz CT molecular complexity index is 1030. The molecule has 0 fully saturated rings. The zero-order valence-electron chi connectivity index (χ0n) is 17.2. The third-order valence-electron chi connectivity index (χ3n) is 3.95. The molecule has 0 spiro atoms. The number of carbonyl (C=O) groups is 2. The quantitative estimate of drug-likeness (QED) is 0.486. The molecule has 0 radical (unpaired) electrons. The summed E-state index contributed by atoms with van der Waals surface area (Å²) in [6.45, 7) is 5.37. The van der Waals surface area contributed by atoms with Gasteiger partial charge in [0.1, 0.15) is 5.60 Å². The first-order valence-corrected chi connectivity index (χ1v) is 9.62. The van der Waals surface area contributed by atoms with Gasteiger partial charge < -0.3 is 15.4 Å². The minimum Gasteiger partial charge on any atom is -0.444 e. The molecule has 0 heterocycles. The number of nitrogens with one attached hydrogen (secondary N) is 3. The molecule has 30 heavy (non-hydrogen) atoms. The second kappa shape index (κ2) is 9.13. The zero-order chi connectivity index (χ0) is 21.6. The van der Waals surface area contributed by atoms with Crippen molar-refractivity contribution in [3.05, 3.63) is 84.4 Å². The fraction of sp³-hybridized carbons (Fsp3) is 0.167. The molecule has 154 valence electrons. The van der Waals surface area contributed by atoms with Crippen LogP contribution in [-0.4, -0.2) is 17.6 Å². The summed E-state index contributed by atoms with van der Waals surface area (Å²) in [6.07, 6.45) is -0.570. The van der Waals surface area contributed by atoms with Crippen LogP contribution in [0.3, 0.4) is 0 Å². The molecule has 0 aliphatic rings. The highest BCUT2D eigenvalue weighted by Gasteiger charge is 2.16. The molecule has 0 aliphatic heterocycles. The van der Waals surface area contributed by atoms with Crippen molar-refractivity contribution in [2.24, 2.45) is 0 Å². The van der Waals surface area contributed by atoms with Crippen molar-refractivity contribution in [2.45, 2.75) is 26.4 Å². The van der Waals surface area contributed by atoms with Gasteiger partial charge in [-0.1, -0.05) is 30.3 Å². The molecular weight excluding hydrogens is 378 g/mol. The molecule has 0 saturated heterocycles. The van der Waals surface area contributed by atoms with Crippen LogP contribution < -0.4 is 16.0 Å². The molecule has 3 N–H and O–H groups in total. The van der Waals surface area contributed by atoms with Crippen molar-refractivity contribution in [1.82, 2.24) is 0 Å². The Hall–Kier alpha value is -3.80. The van der Waals surface area contributed by atoms with Crippen LogP contribution in [0, 0.1) is 0 Å². The molecule has 2 amide bonds. The van der Waals surface area contributed by atoms with Gasteiger partial charge in [-0.2, -0.15) is 0 Å². The second-order valence-electron chi connectivity index (χ2n) is 7.73. The maximum atomic E-state index is 12.7. The summed E-state index contributed by atoms with van der Waals surface area (Å²) < 4.78 is 5.24. The number of carbonyl (C=O) groups excluding carboxylic acids is 2. The smallest absolute Gasteiger partial charge is 0.412 e. The van der Waals surface area contributed by atoms with Crippen molar-refractivity contribution in [2.75, 3.05) is 16.0 Å². The third-order valence-corrected chi connectivity index (χ3v) is 3.95. The number of hydrogen-bond acceptors (Lipinski definition) is 4. The molecule has 0 atom stereocenters. The van der Waals surface area contributed by atoms with Gasteiger partial charge in [0, 0.05) is 28.3 Å². The van der Waals surface area contributed by atoms with E-state index in [-0.39, 0.29) is 5.91 Å². The van der Waals surface area contributed by atoms with E-state index >= 15 is 0 Å². The van der Waals surface area contributed by atoms with Gasteiger partial charge in [-0.15, -0.1) is 0 Å². The van der Waals surface area contributed by atoms with E-state index in [9.17, 15) is 9.59 Å². The fourth-order valence-corrected chi connectivity index (χ4v) is 2.73. The molecule has 0 bridgehead atoms. The third kappa shape index (κ3) is 6.38. The first-order chi connectivity index (χ1) is 14.3. The first kappa shape index (κ1) is 20.9. The monoisotopic (exact) mass is 403 g/mol. The molecule has 0 unspecified atom stereocenters. The molecule has 0 saturated carbocycles. The van der Waals surface area contributed by atoms with Crippen LogP contribution in [0.2, 0.25) is 0 Å². The van der Waals surface area contributed by atoms with Gasteiger partial charge in [-0.25, -0.2) is 4.79 Å². The Kier molecular flexibility index (Phi) is 6.37. The summed E-state index contributed by atoms with van der Waals surface area (Å²) >= 11 is 0. The van der Waals surface area contributed by atoms with E-state index in [1.807, 2.05) is 54.6 Å². The summed E-state index contributed by atoms with van der Waals surface area (Å²) in [5, 5.41) is 8.82. The molecule has 3 aromatic carbocycles. The highest BCUT2D eigenvalue weighted by Crippen LogP contribution is 2.21. The molecule has 0 aromatic heterocycles. The topological polar surface area (TPSA) is 79.5 Å². The van der Waals surface area contributed by atoms with Crippen LogP contribution in [-0.2, 0) is 4.74 Å². The molecular formula is C24H25N3O3. The highest BCUT2D eigenvalue weighted by molar-refractivity contribution is 6.05. The number of anilines is 4. The Morgan fingerprint density at radius 2 is 1.30 bits per heavy atom. The summed E-state index contributed by atoms with van der Waals surface area (Å²) in [5.41, 5.74) is 2.78. The molecule has 3 rings (SSSR count). The zero-order valence-corrected chi connectivity index (χ0v) is 17.2. The van der Waals surface area contributed by atoms with Gasteiger partial charge in [0.25, 0.3) is 5.91 Å². The second-order valence-corrected chi connectivity index (χ2v) is 7.73. The summed E-state index contributed by atoms with van der Waals surface area (Å²) in [7, 11) is 0. The lowest BCUT2D eigenvalue weighted by atomic mass is 10.1. The van der Waals surface area contributed by atoms with Gasteiger partial charge in [0.15, 0.2) is 0 Å². The van der Waals surface area contributed by atoms with Gasteiger partial charge in [0.05, 0.1) is 0 Å². The van der Waals surface area contributed by atoms with Gasteiger partial charge in [0.2, 0.25) is 0 Å². The van der Waals surface area contributed by atoms with Crippen LogP contribution in [0.1, 0.15) is 31.1 Å². The Morgan fingerprint density at radius 3 is 2.00 bits per heavy atom. The van der Waals surface area contributed by atoms with Gasteiger partial charge >= 0.3 is 6.09 Å².